The summed E-state index contributed by atoms with van der Waals surface area (Å²) in [6.07, 6.45) is 7.04. The fourth-order valence-electron chi connectivity index (χ4n) is 3.51. The van der Waals surface area contributed by atoms with Crippen molar-refractivity contribution in [2.75, 3.05) is 12.3 Å². The quantitative estimate of drug-likeness (QED) is 0.181. The van der Waals surface area contributed by atoms with Gasteiger partial charge in [-0.2, -0.15) is 5.10 Å². The Morgan fingerprint density at radius 1 is 1.06 bits per heavy atom. The van der Waals surface area contributed by atoms with Crippen molar-refractivity contribution in [1.82, 2.24) is 14.7 Å². The second-order valence-electron chi connectivity index (χ2n) is 7.77. The zero-order valence-corrected chi connectivity index (χ0v) is 21.3. The van der Waals surface area contributed by atoms with Crippen molar-refractivity contribution in [2.45, 2.75) is 38.0 Å². The first-order valence-corrected chi connectivity index (χ1v) is 13.5. The summed E-state index contributed by atoms with van der Waals surface area (Å²) in [4.78, 5) is 16.6. The van der Waals surface area contributed by atoms with Crippen LogP contribution in [0.3, 0.4) is 0 Å². The van der Waals surface area contributed by atoms with Crippen molar-refractivity contribution in [3.05, 3.63) is 71.3 Å². The lowest BCUT2D eigenvalue weighted by molar-refractivity contribution is -0.122. The van der Waals surface area contributed by atoms with Crippen molar-refractivity contribution >= 4 is 52.0 Å². The minimum atomic E-state index is -0.0109. The predicted octanol–water partition coefficient (Wildman–Crippen LogP) is 7.04. The van der Waals surface area contributed by atoms with E-state index in [1.165, 1.54) is 16.7 Å². The third-order valence-corrected chi connectivity index (χ3v) is 7.85. The van der Waals surface area contributed by atoms with E-state index in [1.807, 2.05) is 59.0 Å². The third-order valence-electron chi connectivity index (χ3n) is 5.26. The van der Waals surface area contributed by atoms with Gasteiger partial charge < -0.3 is 0 Å². The fourth-order valence-corrected chi connectivity index (χ4v) is 5.58. The number of thiocarbonyl (C=S) groups is 1. The highest BCUT2D eigenvalue weighted by Gasteiger charge is 2.31. The molecule has 0 radical (unpaired) electrons. The van der Waals surface area contributed by atoms with E-state index in [4.69, 9.17) is 17.3 Å². The average molecular weight is 494 g/mol. The molecule has 1 aromatic heterocycles. The highest BCUT2D eigenvalue weighted by Crippen LogP contribution is 2.35. The van der Waals surface area contributed by atoms with Gasteiger partial charge in [-0.05, 0) is 48.9 Å². The number of amides is 1. The molecule has 1 aliphatic rings. The molecule has 4 nitrogen and oxygen atoms in total. The van der Waals surface area contributed by atoms with E-state index < -0.39 is 0 Å². The summed E-state index contributed by atoms with van der Waals surface area (Å²) in [5.41, 5.74) is 3.76. The molecule has 2 aromatic carbocycles. The number of rotatable bonds is 9. The number of hydrogen-bond donors (Lipinski definition) is 0. The Morgan fingerprint density at radius 3 is 2.52 bits per heavy atom. The molecule has 0 spiro atoms. The van der Waals surface area contributed by atoms with Crippen LogP contribution in [0.2, 0.25) is 0 Å². The van der Waals surface area contributed by atoms with E-state index >= 15 is 0 Å². The van der Waals surface area contributed by atoms with Gasteiger partial charge in [0, 0.05) is 28.8 Å². The standard InChI is InChI=1S/C26H27N3OS3/c1-3-5-15-28-25(30)23(33-26(28)31)17-20-18-29(21-9-7-6-8-10-21)27-24(20)19-11-13-22(14-12-19)32-16-4-2/h6-14,17-18H,3-5,15-16H2,1-2H3. The molecule has 0 bridgehead atoms. The van der Waals surface area contributed by atoms with E-state index in [2.05, 4.69) is 38.1 Å². The van der Waals surface area contributed by atoms with Crippen molar-refractivity contribution in [3.63, 3.8) is 0 Å². The van der Waals surface area contributed by atoms with E-state index in [0.29, 0.717) is 15.8 Å². The van der Waals surface area contributed by atoms with Gasteiger partial charge in [0.2, 0.25) is 0 Å². The fraction of sp³-hybridized carbons (Fsp3) is 0.269. The Kier molecular flexibility index (Phi) is 8.06. The highest BCUT2D eigenvalue weighted by atomic mass is 32.2. The summed E-state index contributed by atoms with van der Waals surface area (Å²) >= 11 is 8.72. The van der Waals surface area contributed by atoms with Crippen molar-refractivity contribution in [1.29, 1.82) is 0 Å². The van der Waals surface area contributed by atoms with E-state index in [-0.39, 0.29) is 5.91 Å². The maximum Gasteiger partial charge on any atom is 0.266 e. The molecule has 7 heteroatoms. The summed E-state index contributed by atoms with van der Waals surface area (Å²) in [7, 11) is 0. The number of carbonyl (C=O) groups excluding carboxylic acids is 1. The van der Waals surface area contributed by atoms with Crippen molar-refractivity contribution < 1.29 is 4.79 Å². The second kappa shape index (κ2) is 11.2. The Balaban J connectivity index is 1.71. The molecule has 0 aliphatic carbocycles. The lowest BCUT2D eigenvalue weighted by Crippen LogP contribution is -2.28. The van der Waals surface area contributed by atoms with Gasteiger partial charge in [0.25, 0.3) is 5.91 Å². The molecule has 0 unspecified atom stereocenters. The monoisotopic (exact) mass is 493 g/mol. The second-order valence-corrected chi connectivity index (χ2v) is 10.6. The molecular formula is C26H27N3OS3. The normalized spacial score (nSPS) is 15.1. The lowest BCUT2D eigenvalue weighted by atomic mass is 10.1. The van der Waals surface area contributed by atoms with Crippen LogP contribution >= 0.6 is 35.7 Å². The zero-order valence-electron chi connectivity index (χ0n) is 18.9. The van der Waals surface area contributed by atoms with Crippen LogP contribution in [0.1, 0.15) is 38.7 Å². The first-order chi connectivity index (χ1) is 16.1. The van der Waals surface area contributed by atoms with Gasteiger partial charge in [-0.25, -0.2) is 4.68 Å². The van der Waals surface area contributed by atoms with Gasteiger partial charge >= 0.3 is 0 Å². The highest BCUT2D eigenvalue weighted by molar-refractivity contribution is 8.26. The Hall–Kier alpha value is -2.35. The van der Waals surface area contributed by atoms with Gasteiger partial charge in [0.1, 0.15) is 4.32 Å². The average Bonchev–Trinajstić information content (AvgIpc) is 3.38. The number of aromatic nitrogens is 2. The van der Waals surface area contributed by atoms with Gasteiger partial charge in [0.05, 0.1) is 16.3 Å². The van der Waals surface area contributed by atoms with Crippen LogP contribution in [0, 0.1) is 0 Å². The third kappa shape index (κ3) is 5.60. The smallest absolute Gasteiger partial charge is 0.266 e. The number of thioether (sulfide) groups is 2. The number of hydrogen-bond acceptors (Lipinski definition) is 5. The van der Waals surface area contributed by atoms with Crippen LogP contribution in [0.5, 0.6) is 0 Å². The van der Waals surface area contributed by atoms with E-state index in [0.717, 1.165) is 47.5 Å². The summed E-state index contributed by atoms with van der Waals surface area (Å²) < 4.78 is 2.51. The minimum absolute atomic E-state index is 0.0109. The molecule has 170 valence electrons. The zero-order chi connectivity index (χ0) is 23.2. The summed E-state index contributed by atoms with van der Waals surface area (Å²) in [6, 6.07) is 18.5. The molecule has 1 fully saturated rings. The Labute approximate surface area is 209 Å². The van der Waals surface area contributed by atoms with Gasteiger partial charge in [-0.1, -0.05) is 74.6 Å². The van der Waals surface area contributed by atoms with Crippen LogP contribution in [-0.2, 0) is 4.79 Å². The number of carbonyl (C=O) groups is 1. The number of nitrogens with zero attached hydrogens (tertiary/aromatic N) is 3. The summed E-state index contributed by atoms with van der Waals surface area (Å²) in [5, 5.41) is 4.90. The molecular weight excluding hydrogens is 467 g/mol. The molecule has 3 aromatic rings. The molecule has 1 saturated heterocycles. The molecule has 4 rings (SSSR count). The molecule has 1 aliphatic heterocycles. The van der Waals surface area contributed by atoms with Crippen molar-refractivity contribution in [2.24, 2.45) is 0 Å². The number of benzene rings is 2. The van der Waals surface area contributed by atoms with Gasteiger partial charge in [-0.15, -0.1) is 11.8 Å². The first-order valence-electron chi connectivity index (χ1n) is 11.2. The van der Waals surface area contributed by atoms with Crippen LogP contribution in [0.4, 0.5) is 0 Å². The summed E-state index contributed by atoms with van der Waals surface area (Å²) in [6.45, 7) is 4.98. The van der Waals surface area contributed by atoms with Crippen molar-refractivity contribution in [3.8, 4) is 16.9 Å². The van der Waals surface area contributed by atoms with Crippen LogP contribution in [0.15, 0.2) is 70.6 Å². The molecule has 0 saturated carbocycles. The number of para-hydroxylation sites is 1. The Bertz CT molecular complexity index is 1150. The van der Waals surface area contributed by atoms with E-state index in [1.54, 1.807) is 4.90 Å². The molecule has 33 heavy (non-hydrogen) atoms. The van der Waals surface area contributed by atoms with Crippen LogP contribution in [-0.4, -0.2) is 37.2 Å². The largest absolute Gasteiger partial charge is 0.293 e. The van der Waals surface area contributed by atoms with Crippen LogP contribution in [0.25, 0.3) is 23.0 Å². The van der Waals surface area contributed by atoms with Crippen LogP contribution < -0.4 is 0 Å². The Morgan fingerprint density at radius 2 is 1.82 bits per heavy atom. The SMILES string of the molecule is CCCCN1C(=O)C(=Cc2cn(-c3ccccc3)nc2-c2ccc(SCCC)cc2)SC1=S. The molecule has 2 heterocycles. The van der Waals surface area contributed by atoms with Gasteiger partial charge in [-0.3, -0.25) is 9.69 Å². The van der Waals surface area contributed by atoms with Gasteiger partial charge in [0.15, 0.2) is 0 Å². The molecule has 0 atom stereocenters. The predicted molar refractivity (Wildman–Crippen MR) is 145 cm³/mol. The molecule has 1 amide bonds. The topological polar surface area (TPSA) is 38.1 Å². The summed E-state index contributed by atoms with van der Waals surface area (Å²) in [5.74, 6) is 1.09. The maximum atomic E-state index is 13.0. The maximum absolute atomic E-state index is 13.0. The lowest BCUT2D eigenvalue weighted by Gasteiger charge is -2.12. The molecule has 0 N–H and O–H groups in total. The first kappa shape index (κ1) is 23.8. The minimum Gasteiger partial charge on any atom is -0.293 e. The number of unbranched alkanes of at least 4 members (excludes halogenated alkanes) is 1. The van der Waals surface area contributed by atoms with E-state index in [9.17, 15) is 4.79 Å².